The molecule has 0 radical (unpaired) electrons. The Morgan fingerprint density at radius 2 is 2.18 bits per heavy atom. The normalized spacial score (nSPS) is 13.1. The molecule has 0 aliphatic rings. The van der Waals surface area contributed by atoms with Gasteiger partial charge in [-0.1, -0.05) is 6.07 Å². The van der Waals surface area contributed by atoms with Crippen LogP contribution >= 0.6 is 0 Å². The molecule has 1 heterocycles. The van der Waals surface area contributed by atoms with Crippen LogP contribution in [-0.2, 0) is 17.8 Å². The molecule has 0 amide bonds. The molecule has 1 N–H and O–H groups in total. The van der Waals surface area contributed by atoms with Crippen molar-refractivity contribution in [2.24, 2.45) is 0 Å². The van der Waals surface area contributed by atoms with Crippen molar-refractivity contribution in [3.63, 3.8) is 0 Å². The molecular weight excluding hydrogens is 212 g/mol. The van der Waals surface area contributed by atoms with E-state index in [2.05, 4.69) is 47.3 Å². The van der Waals surface area contributed by atoms with Crippen molar-refractivity contribution < 1.29 is 4.74 Å². The molecule has 17 heavy (non-hydrogen) atoms. The van der Waals surface area contributed by atoms with E-state index in [9.17, 15) is 0 Å². The quantitative estimate of drug-likeness (QED) is 0.856. The fourth-order valence-corrected chi connectivity index (χ4v) is 2.07. The summed E-state index contributed by atoms with van der Waals surface area (Å²) in [6, 6.07) is 8.76. The lowest BCUT2D eigenvalue weighted by Gasteiger charge is -2.11. The highest BCUT2D eigenvalue weighted by Crippen LogP contribution is 2.18. The summed E-state index contributed by atoms with van der Waals surface area (Å²) in [7, 11) is 3.72. The van der Waals surface area contributed by atoms with Crippen LogP contribution in [0, 0.1) is 0 Å². The number of hydrogen-bond donors (Lipinski definition) is 1. The average Bonchev–Trinajstić information content (AvgIpc) is 2.72. The molecule has 2 rings (SSSR count). The molecule has 3 nitrogen and oxygen atoms in total. The first kappa shape index (κ1) is 12.1. The molecule has 0 aliphatic carbocycles. The van der Waals surface area contributed by atoms with E-state index in [-0.39, 0.29) is 6.10 Å². The number of ether oxygens (including phenoxy) is 1. The summed E-state index contributed by atoms with van der Waals surface area (Å²) in [4.78, 5) is 0. The number of hydrogen-bond acceptors (Lipinski definition) is 2. The molecule has 1 unspecified atom stereocenters. The summed E-state index contributed by atoms with van der Waals surface area (Å²) in [5, 5.41) is 4.46. The Bertz CT molecular complexity index is 490. The first-order valence-corrected chi connectivity index (χ1v) is 5.99. The van der Waals surface area contributed by atoms with Gasteiger partial charge in [0.1, 0.15) is 0 Å². The monoisotopic (exact) mass is 232 g/mol. The minimum Gasteiger partial charge on any atom is -0.380 e. The Kier molecular flexibility index (Phi) is 3.82. The number of nitrogens with one attached hydrogen (secondary N) is 1. The summed E-state index contributed by atoms with van der Waals surface area (Å²) >= 11 is 0. The zero-order valence-corrected chi connectivity index (χ0v) is 10.7. The van der Waals surface area contributed by atoms with Crippen LogP contribution in [0.4, 0.5) is 0 Å². The first-order chi connectivity index (χ1) is 8.24. The molecular formula is C14H20N2O. The molecule has 0 spiro atoms. The van der Waals surface area contributed by atoms with Crippen LogP contribution in [0.25, 0.3) is 10.9 Å². The summed E-state index contributed by atoms with van der Waals surface area (Å²) in [6.07, 6.45) is 2.37. The molecule has 0 aliphatic heterocycles. The summed E-state index contributed by atoms with van der Waals surface area (Å²) in [5.74, 6) is 0. The van der Waals surface area contributed by atoms with Crippen molar-refractivity contribution in [3.8, 4) is 0 Å². The second-order valence-electron chi connectivity index (χ2n) is 4.44. The molecule has 0 saturated carbocycles. The van der Waals surface area contributed by atoms with Gasteiger partial charge >= 0.3 is 0 Å². The zero-order chi connectivity index (χ0) is 12.3. The Hall–Kier alpha value is -1.32. The van der Waals surface area contributed by atoms with Crippen LogP contribution in [0.2, 0.25) is 0 Å². The van der Waals surface area contributed by atoms with Gasteiger partial charge in [0.25, 0.3) is 0 Å². The third-order valence-corrected chi connectivity index (χ3v) is 3.07. The molecule has 1 aromatic carbocycles. The summed E-state index contributed by atoms with van der Waals surface area (Å²) in [5.41, 5.74) is 2.59. The van der Waals surface area contributed by atoms with Crippen molar-refractivity contribution in [1.29, 1.82) is 0 Å². The summed E-state index contributed by atoms with van der Waals surface area (Å²) in [6.45, 7) is 3.89. The number of nitrogens with zero attached hydrogens (tertiary/aromatic N) is 1. The SMILES string of the molecule is CNCc1ccc2c(ccn2CC(C)OC)c1. The fourth-order valence-electron chi connectivity index (χ4n) is 2.07. The van der Waals surface area contributed by atoms with Gasteiger partial charge in [-0.05, 0) is 43.1 Å². The van der Waals surface area contributed by atoms with Gasteiger partial charge in [0.2, 0.25) is 0 Å². The number of aromatic nitrogens is 1. The van der Waals surface area contributed by atoms with Crippen LogP contribution in [0.3, 0.4) is 0 Å². The van der Waals surface area contributed by atoms with E-state index in [1.807, 2.05) is 7.05 Å². The number of fused-ring (bicyclic) bond motifs is 1. The molecule has 1 aromatic heterocycles. The largest absolute Gasteiger partial charge is 0.380 e. The predicted molar refractivity (Wildman–Crippen MR) is 71.2 cm³/mol. The smallest absolute Gasteiger partial charge is 0.0722 e. The van der Waals surface area contributed by atoms with Gasteiger partial charge < -0.3 is 14.6 Å². The highest BCUT2D eigenvalue weighted by Gasteiger charge is 2.05. The Morgan fingerprint density at radius 3 is 2.88 bits per heavy atom. The highest BCUT2D eigenvalue weighted by atomic mass is 16.5. The van der Waals surface area contributed by atoms with Crippen LogP contribution in [0.5, 0.6) is 0 Å². The lowest BCUT2D eigenvalue weighted by atomic mass is 10.1. The predicted octanol–water partition coefficient (Wildman–Crippen LogP) is 2.40. The van der Waals surface area contributed by atoms with Crippen molar-refractivity contribution in [1.82, 2.24) is 9.88 Å². The van der Waals surface area contributed by atoms with Gasteiger partial charge in [-0.2, -0.15) is 0 Å². The maximum Gasteiger partial charge on any atom is 0.0722 e. The molecule has 2 aromatic rings. The molecule has 0 bridgehead atoms. The maximum atomic E-state index is 5.30. The van der Waals surface area contributed by atoms with Gasteiger partial charge in [0.15, 0.2) is 0 Å². The first-order valence-electron chi connectivity index (χ1n) is 5.99. The van der Waals surface area contributed by atoms with Crippen molar-refractivity contribution in [2.75, 3.05) is 14.2 Å². The number of benzene rings is 1. The van der Waals surface area contributed by atoms with E-state index in [0.717, 1.165) is 13.1 Å². The lowest BCUT2D eigenvalue weighted by molar-refractivity contribution is 0.104. The molecule has 1 atom stereocenters. The van der Waals surface area contributed by atoms with Gasteiger partial charge in [-0.3, -0.25) is 0 Å². The molecule has 3 heteroatoms. The van der Waals surface area contributed by atoms with E-state index in [1.54, 1.807) is 7.11 Å². The van der Waals surface area contributed by atoms with E-state index in [0.29, 0.717) is 0 Å². The van der Waals surface area contributed by atoms with Crippen molar-refractivity contribution in [3.05, 3.63) is 36.0 Å². The standard InChI is InChI=1S/C14H20N2O/c1-11(17-3)10-16-7-6-13-8-12(9-15-2)4-5-14(13)16/h4-8,11,15H,9-10H2,1-3H3. The average molecular weight is 232 g/mol. The van der Waals surface area contributed by atoms with Gasteiger partial charge in [-0.15, -0.1) is 0 Å². The Balaban J connectivity index is 2.28. The second kappa shape index (κ2) is 5.34. The zero-order valence-electron chi connectivity index (χ0n) is 10.7. The third kappa shape index (κ3) is 2.68. The minimum atomic E-state index is 0.239. The van der Waals surface area contributed by atoms with E-state index >= 15 is 0 Å². The van der Waals surface area contributed by atoms with E-state index in [4.69, 9.17) is 4.74 Å². The number of rotatable bonds is 5. The second-order valence-corrected chi connectivity index (χ2v) is 4.44. The molecule has 0 saturated heterocycles. The molecule has 92 valence electrons. The van der Waals surface area contributed by atoms with Crippen LogP contribution in [0.15, 0.2) is 30.5 Å². The molecule has 0 fully saturated rings. The Morgan fingerprint density at radius 1 is 1.35 bits per heavy atom. The third-order valence-electron chi connectivity index (χ3n) is 3.07. The maximum absolute atomic E-state index is 5.30. The van der Waals surface area contributed by atoms with Gasteiger partial charge in [0.05, 0.1) is 6.10 Å². The van der Waals surface area contributed by atoms with E-state index < -0.39 is 0 Å². The summed E-state index contributed by atoms with van der Waals surface area (Å²) < 4.78 is 7.55. The van der Waals surface area contributed by atoms with Gasteiger partial charge in [0, 0.05) is 31.9 Å². The van der Waals surface area contributed by atoms with Crippen molar-refractivity contribution >= 4 is 10.9 Å². The minimum absolute atomic E-state index is 0.239. The van der Waals surface area contributed by atoms with E-state index in [1.165, 1.54) is 16.5 Å². The van der Waals surface area contributed by atoms with Crippen LogP contribution < -0.4 is 5.32 Å². The lowest BCUT2D eigenvalue weighted by Crippen LogP contribution is -2.13. The van der Waals surface area contributed by atoms with Crippen LogP contribution in [0.1, 0.15) is 12.5 Å². The topological polar surface area (TPSA) is 26.2 Å². The van der Waals surface area contributed by atoms with Crippen LogP contribution in [-0.4, -0.2) is 24.8 Å². The highest BCUT2D eigenvalue weighted by molar-refractivity contribution is 5.80. The Labute approximate surface area is 102 Å². The number of methoxy groups -OCH3 is 1. The van der Waals surface area contributed by atoms with Crippen molar-refractivity contribution in [2.45, 2.75) is 26.1 Å². The van der Waals surface area contributed by atoms with Gasteiger partial charge in [-0.25, -0.2) is 0 Å². The fraction of sp³-hybridized carbons (Fsp3) is 0.429.